The van der Waals surface area contributed by atoms with E-state index in [-0.39, 0.29) is 18.2 Å². The fourth-order valence-corrected chi connectivity index (χ4v) is 3.81. The standard InChI is InChI=1S/C22H21F3N6O3/c23-22(24,25)16-11-15(26-19(32)13-5-2-1-3-6-13)8-9-17(16)27-21(34)31-10-4-7-14(12-31)18-28-20(33)30-29-18/h1-3,5-6,8-9,11,14H,4,7,10,12H2,(H,26,32)(H,27,34)(H2,28,29,30,33). The van der Waals surface area contributed by atoms with Crippen LogP contribution in [0, 0.1) is 0 Å². The first-order valence-electron chi connectivity index (χ1n) is 10.5. The van der Waals surface area contributed by atoms with Gasteiger partial charge in [-0.2, -0.15) is 18.3 Å². The van der Waals surface area contributed by atoms with Crippen LogP contribution in [0.15, 0.2) is 53.3 Å². The van der Waals surface area contributed by atoms with Crippen LogP contribution in [-0.2, 0) is 6.18 Å². The van der Waals surface area contributed by atoms with E-state index in [9.17, 15) is 27.6 Å². The largest absolute Gasteiger partial charge is 0.418 e. The number of halogens is 3. The minimum absolute atomic E-state index is 0.0558. The van der Waals surface area contributed by atoms with Gasteiger partial charge in [0.15, 0.2) is 0 Å². The number of aromatic amines is 2. The summed E-state index contributed by atoms with van der Waals surface area (Å²) >= 11 is 0. The van der Waals surface area contributed by atoms with Gasteiger partial charge in [0, 0.05) is 30.3 Å². The highest BCUT2D eigenvalue weighted by molar-refractivity contribution is 6.04. The second-order valence-corrected chi connectivity index (χ2v) is 7.86. The molecule has 1 fully saturated rings. The molecule has 1 aliphatic rings. The van der Waals surface area contributed by atoms with Gasteiger partial charge in [0.05, 0.1) is 11.3 Å². The second kappa shape index (κ2) is 9.41. The van der Waals surface area contributed by atoms with Gasteiger partial charge in [-0.15, -0.1) is 0 Å². The second-order valence-electron chi connectivity index (χ2n) is 7.86. The van der Waals surface area contributed by atoms with E-state index in [0.717, 1.165) is 12.1 Å². The summed E-state index contributed by atoms with van der Waals surface area (Å²) in [6.07, 6.45) is -3.49. The Bertz CT molecular complexity index is 1240. The Labute approximate surface area is 191 Å². The average Bonchev–Trinajstić information content (AvgIpc) is 3.26. The number of rotatable bonds is 4. The zero-order chi connectivity index (χ0) is 24.3. The summed E-state index contributed by atoms with van der Waals surface area (Å²) in [6.45, 7) is 0.544. The normalized spacial score (nSPS) is 16.2. The number of aromatic nitrogens is 3. The van der Waals surface area contributed by atoms with Crippen LogP contribution < -0.4 is 16.3 Å². The quantitative estimate of drug-likeness (QED) is 0.460. The number of carbonyl (C=O) groups is 2. The van der Waals surface area contributed by atoms with E-state index < -0.39 is 35.1 Å². The molecule has 0 aliphatic carbocycles. The molecule has 9 nitrogen and oxygen atoms in total. The number of likely N-dealkylation sites (tertiary alicyclic amines) is 1. The molecule has 4 N–H and O–H groups in total. The molecule has 0 spiro atoms. The minimum atomic E-state index is -4.77. The van der Waals surface area contributed by atoms with Crippen LogP contribution in [0.3, 0.4) is 0 Å². The topological polar surface area (TPSA) is 123 Å². The van der Waals surface area contributed by atoms with Crippen LogP contribution >= 0.6 is 0 Å². The van der Waals surface area contributed by atoms with Gasteiger partial charge in [0.2, 0.25) is 0 Å². The van der Waals surface area contributed by atoms with Crippen LogP contribution in [0.2, 0.25) is 0 Å². The Morgan fingerprint density at radius 3 is 2.53 bits per heavy atom. The van der Waals surface area contributed by atoms with Crippen molar-refractivity contribution in [3.05, 3.63) is 76.0 Å². The van der Waals surface area contributed by atoms with Crippen LogP contribution in [-0.4, -0.2) is 45.1 Å². The molecule has 3 aromatic rings. The Balaban J connectivity index is 1.50. The number of anilines is 2. The Morgan fingerprint density at radius 1 is 1.09 bits per heavy atom. The van der Waals surface area contributed by atoms with Crippen molar-refractivity contribution in [2.75, 3.05) is 23.7 Å². The lowest BCUT2D eigenvalue weighted by atomic mass is 9.98. The van der Waals surface area contributed by atoms with Gasteiger partial charge >= 0.3 is 17.9 Å². The maximum atomic E-state index is 13.7. The molecule has 1 aromatic heterocycles. The Kier molecular flexibility index (Phi) is 6.39. The van der Waals surface area contributed by atoms with Crippen molar-refractivity contribution >= 4 is 23.3 Å². The van der Waals surface area contributed by atoms with Gasteiger partial charge in [0.1, 0.15) is 5.82 Å². The number of alkyl halides is 3. The fraction of sp³-hybridized carbons (Fsp3) is 0.273. The van der Waals surface area contributed by atoms with E-state index in [2.05, 4.69) is 25.8 Å². The lowest BCUT2D eigenvalue weighted by molar-refractivity contribution is -0.136. The highest BCUT2D eigenvalue weighted by Crippen LogP contribution is 2.37. The van der Waals surface area contributed by atoms with E-state index in [1.807, 2.05) is 0 Å². The number of piperidine rings is 1. The molecule has 0 bridgehead atoms. The third-order valence-corrected chi connectivity index (χ3v) is 5.48. The van der Waals surface area contributed by atoms with Gasteiger partial charge in [-0.25, -0.2) is 14.7 Å². The first kappa shape index (κ1) is 23.1. The van der Waals surface area contributed by atoms with Crippen LogP contribution in [0.4, 0.5) is 29.3 Å². The number of nitrogens with zero attached hydrogens (tertiary/aromatic N) is 2. The molecule has 0 radical (unpaired) electrons. The van der Waals surface area contributed by atoms with Crippen molar-refractivity contribution in [2.24, 2.45) is 0 Å². The highest BCUT2D eigenvalue weighted by atomic mass is 19.4. The molecule has 0 saturated carbocycles. The zero-order valence-electron chi connectivity index (χ0n) is 17.8. The van der Waals surface area contributed by atoms with E-state index >= 15 is 0 Å². The average molecular weight is 474 g/mol. The molecule has 1 aliphatic heterocycles. The Morgan fingerprint density at radius 2 is 1.85 bits per heavy atom. The molecule has 4 rings (SSSR count). The molecular formula is C22H21F3N6O3. The number of benzene rings is 2. The summed E-state index contributed by atoms with van der Waals surface area (Å²) in [6, 6.07) is 10.6. The smallest absolute Gasteiger partial charge is 0.324 e. The van der Waals surface area contributed by atoms with E-state index in [1.165, 1.54) is 11.0 Å². The predicted octanol–water partition coefficient (Wildman–Crippen LogP) is 3.78. The van der Waals surface area contributed by atoms with Gasteiger partial charge in [-0.1, -0.05) is 18.2 Å². The molecule has 3 amide bonds. The number of hydrogen-bond donors (Lipinski definition) is 4. The minimum Gasteiger partial charge on any atom is -0.324 e. The van der Waals surface area contributed by atoms with Crippen molar-refractivity contribution in [3.8, 4) is 0 Å². The molecule has 1 saturated heterocycles. The molecule has 34 heavy (non-hydrogen) atoms. The molecule has 2 heterocycles. The van der Waals surface area contributed by atoms with Crippen molar-refractivity contribution in [1.29, 1.82) is 0 Å². The van der Waals surface area contributed by atoms with Crippen LogP contribution in [0.1, 0.15) is 40.5 Å². The highest BCUT2D eigenvalue weighted by Gasteiger charge is 2.35. The fourth-order valence-electron chi connectivity index (χ4n) is 3.81. The predicted molar refractivity (Wildman–Crippen MR) is 118 cm³/mol. The monoisotopic (exact) mass is 474 g/mol. The zero-order valence-corrected chi connectivity index (χ0v) is 17.8. The van der Waals surface area contributed by atoms with Gasteiger partial charge in [-0.05, 0) is 43.2 Å². The molecule has 1 atom stereocenters. The number of urea groups is 1. The summed E-state index contributed by atoms with van der Waals surface area (Å²) in [4.78, 5) is 40.3. The third-order valence-electron chi connectivity index (χ3n) is 5.48. The summed E-state index contributed by atoms with van der Waals surface area (Å²) in [5.74, 6) is -0.394. The summed E-state index contributed by atoms with van der Waals surface area (Å²) in [7, 11) is 0. The number of hydrogen-bond acceptors (Lipinski definition) is 4. The van der Waals surface area contributed by atoms with Crippen molar-refractivity contribution < 1.29 is 22.8 Å². The van der Waals surface area contributed by atoms with Crippen molar-refractivity contribution in [1.82, 2.24) is 20.1 Å². The number of amides is 3. The SMILES string of the molecule is O=C(Nc1ccc(NC(=O)N2CCCC(c3n[nH]c(=O)[nH]3)C2)c(C(F)(F)F)c1)c1ccccc1. The molecule has 178 valence electrons. The first-order chi connectivity index (χ1) is 16.2. The molecule has 12 heteroatoms. The number of carbonyl (C=O) groups excluding carboxylic acids is 2. The maximum Gasteiger partial charge on any atom is 0.418 e. The lowest BCUT2D eigenvalue weighted by Crippen LogP contribution is -2.42. The van der Waals surface area contributed by atoms with Gasteiger partial charge in [0.25, 0.3) is 5.91 Å². The molecular weight excluding hydrogens is 453 g/mol. The van der Waals surface area contributed by atoms with Gasteiger partial charge in [-0.3, -0.25) is 9.78 Å². The van der Waals surface area contributed by atoms with E-state index in [1.54, 1.807) is 30.3 Å². The third kappa shape index (κ3) is 5.27. The van der Waals surface area contributed by atoms with Crippen molar-refractivity contribution in [3.63, 3.8) is 0 Å². The first-order valence-corrected chi connectivity index (χ1v) is 10.5. The lowest BCUT2D eigenvalue weighted by Gasteiger charge is -2.32. The summed E-state index contributed by atoms with van der Waals surface area (Å²) < 4.78 is 41.2. The Hall–Kier alpha value is -4.09. The van der Waals surface area contributed by atoms with Gasteiger partial charge < -0.3 is 15.5 Å². The number of nitrogens with one attached hydrogen (secondary N) is 4. The van der Waals surface area contributed by atoms with E-state index in [0.29, 0.717) is 30.8 Å². The summed E-state index contributed by atoms with van der Waals surface area (Å²) in [5, 5.41) is 10.9. The van der Waals surface area contributed by atoms with Crippen LogP contribution in [0.5, 0.6) is 0 Å². The van der Waals surface area contributed by atoms with Crippen LogP contribution in [0.25, 0.3) is 0 Å². The van der Waals surface area contributed by atoms with Crippen molar-refractivity contribution in [2.45, 2.75) is 24.9 Å². The molecule has 1 unspecified atom stereocenters. The summed E-state index contributed by atoms with van der Waals surface area (Å²) in [5.41, 5.74) is -1.74. The molecule has 2 aromatic carbocycles. The van der Waals surface area contributed by atoms with E-state index in [4.69, 9.17) is 0 Å². The maximum absolute atomic E-state index is 13.7. The number of H-pyrrole nitrogens is 2.